The molecule has 1 unspecified atom stereocenters. The molecule has 0 fully saturated rings. The minimum absolute atomic E-state index is 0.00918. The van der Waals surface area contributed by atoms with Gasteiger partial charge in [0.05, 0.1) is 17.4 Å². The maximum atomic E-state index is 13.6. The Morgan fingerprint density at radius 3 is 2.56 bits per heavy atom. The molecule has 0 saturated carbocycles. The van der Waals surface area contributed by atoms with E-state index in [1.165, 1.54) is 0 Å². The van der Waals surface area contributed by atoms with Crippen molar-refractivity contribution < 1.29 is 9.59 Å². The zero-order chi connectivity index (χ0) is 23.2. The van der Waals surface area contributed by atoms with Crippen molar-refractivity contribution in [3.05, 3.63) is 69.3 Å². The van der Waals surface area contributed by atoms with Crippen LogP contribution in [0.25, 0.3) is 0 Å². The van der Waals surface area contributed by atoms with Gasteiger partial charge in [-0.15, -0.1) is 0 Å². The second-order valence-electron chi connectivity index (χ2n) is 9.52. The fourth-order valence-corrected chi connectivity index (χ4v) is 5.06. The van der Waals surface area contributed by atoms with Gasteiger partial charge >= 0.3 is 6.03 Å². The van der Waals surface area contributed by atoms with Gasteiger partial charge in [-0.25, -0.2) is 4.79 Å². The Morgan fingerprint density at radius 1 is 1.16 bits per heavy atom. The lowest BCUT2D eigenvalue weighted by molar-refractivity contribution is -0.118. The quantitative estimate of drug-likeness (QED) is 0.510. The fourth-order valence-electron chi connectivity index (χ4n) is 4.54. The molecule has 0 spiro atoms. The highest BCUT2D eigenvalue weighted by Crippen LogP contribution is 2.49. The lowest BCUT2D eigenvalue weighted by atomic mass is 9.73. The Kier molecular flexibility index (Phi) is 5.99. The summed E-state index contributed by atoms with van der Waals surface area (Å²) in [5.74, 6) is 0.00918. The standard InChI is InChI=1S/C25H27Cl2N3O2/c1-14(2)28-24(32)30-20-8-6-5-7-18(20)29-19-12-25(3,4)13-21(31)22(19)23(30)16-10-9-15(26)11-17(16)27/h5-11,14,23,29H,12-13H2,1-4H3,(H,28,32). The summed E-state index contributed by atoms with van der Waals surface area (Å²) in [6.07, 6.45) is 1.08. The number of para-hydroxylation sites is 2. The van der Waals surface area contributed by atoms with Gasteiger partial charge in [-0.1, -0.05) is 55.2 Å². The molecular weight excluding hydrogens is 445 g/mol. The summed E-state index contributed by atoms with van der Waals surface area (Å²) >= 11 is 12.8. The van der Waals surface area contributed by atoms with Crippen LogP contribution in [-0.4, -0.2) is 17.9 Å². The average Bonchev–Trinajstić information content (AvgIpc) is 2.80. The fraction of sp³-hybridized carbons (Fsp3) is 0.360. The Morgan fingerprint density at radius 2 is 1.88 bits per heavy atom. The topological polar surface area (TPSA) is 61.4 Å². The Labute approximate surface area is 198 Å². The van der Waals surface area contributed by atoms with Crippen LogP contribution < -0.4 is 15.5 Å². The highest BCUT2D eigenvalue weighted by Gasteiger charge is 2.44. The number of benzene rings is 2. The number of allylic oxidation sites excluding steroid dienone is 1. The van der Waals surface area contributed by atoms with E-state index in [-0.39, 0.29) is 23.3 Å². The summed E-state index contributed by atoms with van der Waals surface area (Å²) in [4.78, 5) is 28.8. The predicted octanol–water partition coefficient (Wildman–Crippen LogP) is 6.73. The number of rotatable bonds is 2. The summed E-state index contributed by atoms with van der Waals surface area (Å²) in [6.45, 7) is 7.98. The molecule has 2 aliphatic rings. The number of fused-ring (bicyclic) bond motifs is 1. The van der Waals surface area contributed by atoms with E-state index in [2.05, 4.69) is 24.5 Å². The molecule has 0 saturated heterocycles. The lowest BCUT2D eigenvalue weighted by Gasteiger charge is -2.37. The maximum absolute atomic E-state index is 13.6. The summed E-state index contributed by atoms with van der Waals surface area (Å²) in [7, 11) is 0. The molecule has 2 aromatic rings. The van der Waals surface area contributed by atoms with Crippen molar-refractivity contribution in [1.29, 1.82) is 0 Å². The van der Waals surface area contributed by atoms with E-state index in [0.29, 0.717) is 39.7 Å². The van der Waals surface area contributed by atoms with Gasteiger partial charge in [-0.2, -0.15) is 0 Å². The number of carbonyl (C=O) groups is 2. The average molecular weight is 472 g/mol. The molecule has 0 radical (unpaired) electrons. The van der Waals surface area contributed by atoms with E-state index in [1.54, 1.807) is 23.1 Å². The summed E-state index contributed by atoms with van der Waals surface area (Å²) in [6, 6.07) is 11.7. The molecule has 2 amide bonds. The van der Waals surface area contributed by atoms with Gasteiger partial charge in [0, 0.05) is 33.8 Å². The molecular formula is C25H27Cl2N3O2. The van der Waals surface area contributed by atoms with Crippen LogP contribution in [-0.2, 0) is 4.79 Å². The number of nitrogens with zero attached hydrogens (tertiary/aromatic N) is 1. The third kappa shape index (κ3) is 4.24. The first kappa shape index (κ1) is 22.7. The molecule has 168 valence electrons. The van der Waals surface area contributed by atoms with Crippen LogP contribution in [0.1, 0.15) is 52.1 Å². The van der Waals surface area contributed by atoms with Crippen molar-refractivity contribution in [2.45, 2.75) is 52.6 Å². The Hall–Kier alpha value is -2.50. The number of amides is 2. The largest absolute Gasteiger partial charge is 0.357 e. The second kappa shape index (κ2) is 8.45. The van der Waals surface area contributed by atoms with Gasteiger partial charge in [0.1, 0.15) is 0 Å². The molecule has 4 rings (SSSR count). The molecule has 1 heterocycles. The van der Waals surface area contributed by atoms with Crippen LogP contribution in [0.5, 0.6) is 0 Å². The van der Waals surface area contributed by atoms with Crippen LogP contribution in [0, 0.1) is 5.41 Å². The first-order valence-corrected chi connectivity index (χ1v) is 11.5. The van der Waals surface area contributed by atoms with Crippen molar-refractivity contribution in [1.82, 2.24) is 5.32 Å². The number of hydrogen-bond acceptors (Lipinski definition) is 3. The van der Waals surface area contributed by atoms with E-state index < -0.39 is 6.04 Å². The number of Topliss-reactive ketones (excluding diaryl/α,β-unsaturated/α-hetero) is 1. The monoisotopic (exact) mass is 471 g/mol. The predicted molar refractivity (Wildman–Crippen MR) is 130 cm³/mol. The highest BCUT2D eigenvalue weighted by molar-refractivity contribution is 6.35. The maximum Gasteiger partial charge on any atom is 0.323 e. The van der Waals surface area contributed by atoms with Gasteiger partial charge in [0.15, 0.2) is 5.78 Å². The number of hydrogen-bond donors (Lipinski definition) is 2. The van der Waals surface area contributed by atoms with Gasteiger partial charge in [0.25, 0.3) is 0 Å². The van der Waals surface area contributed by atoms with Crippen LogP contribution in [0.4, 0.5) is 16.2 Å². The van der Waals surface area contributed by atoms with Crippen molar-refractivity contribution in [3.63, 3.8) is 0 Å². The number of anilines is 2. The molecule has 1 atom stereocenters. The third-order valence-electron chi connectivity index (χ3n) is 5.79. The van der Waals surface area contributed by atoms with Crippen LogP contribution in [0.3, 0.4) is 0 Å². The van der Waals surface area contributed by atoms with Gasteiger partial charge in [0.2, 0.25) is 0 Å². The normalized spacial score (nSPS) is 19.8. The van der Waals surface area contributed by atoms with E-state index in [9.17, 15) is 9.59 Å². The number of ketones is 1. The molecule has 2 N–H and O–H groups in total. The zero-order valence-electron chi connectivity index (χ0n) is 18.6. The molecule has 1 aliphatic carbocycles. The summed E-state index contributed by atoms with van der Waals surface area (Å²) in [5.41, 5.74) is 3.33. The lowest BCUT2D eigenvalue weighted by Crippen LogP contribution is -2.46. The van der Waals surface area contributed by atoms with Crippen molar-refractivity contribution >= 4 is 46.4 Å². The first-order chi connectivity index (χ1) is 15.1. The highest BCUT2D eigenvalue weighted by atomic mass is 35.5. The number of carbonyl (C=O) groups excluding carboxylic acids is 2. The Bertz CT molecular complexity index is 1120. The zero-order valence-corrected chi connectivity index (χ0v) is 20.1. The van der Waals surface area contributed by atoms with E-state index in [4.69, 9.17) is 23.2 Å². The minimum Gasteiger partial charge on any atom is -0.357 e. The molecule has 5 nitrogen and oxygen atoms in total. The number of halogens is 2. The van der Waals surface area contributed by atoms with Crippen LogP contribution in [0.2, 0.25) is 10.0 Å². The van der Waals surface area contributed by atoms with Crippen LogP contribution >= 0.6 is 23.2 Å². The van der Waals surface area contributed by atoms with Gasteiger partial charge in [-0.3, -0.25) is 9.69 Å². The molecule has 0 aromatic heterocycles. The third-order valence-corrected chi connectivity index (χ3v) is 6.35. The Balaban J connectivity index is 2.02. The van der Waals surface area contributed by atoms with Crippen LogP contribution in [0.15, 0.2) is 53.7 Å². The SMILES string of the molecule is CC(C)NC(=O)N1c2ccccc2NC2=C(C(=O)CC(C)(C)C2)C1c1ccc(Cl)cc1Cl. The second-order valence-corrected chi connectivity index (χ2v) is 10.4. The van der Waals surface area contributed by atoms with Gasteiger partial charge in [-0.05, 0) is 55.5 Å². The molecule has 32 heavy (non-hydrogen) atoms. The summed E-state index contributed by atoms with van der Waals surface area (Å²) < 4.78 is 0. The smallest absolute Gasteiger partial charge is 0.323 e. The van der Waals surface area contributed by atoms with E-state index >= 15 is 0 Å². The first-order valence-electron chi connectivity index (χ1n) is 10.7. The molecule has 1 aliphatic heterocycles. The number of urea groups is 1. The minimum atomic E-state index is -0.687. The van der Waals surface area contributed by atoms with Gasteiger partial charge < -0.3 is 10.6 Å². The van der Waals surface area contributed by atoms with Crippen molar-refractivity contribution in [2.24, 2.45) is 5.41 Å². The molecule has 2 aromatic carbocycles. The van der Waals surface area contributed by atoms with E-state index in [0.717, 1.165) is 11.4 Å². The van der Waals surface area contributed by atoms with E-state index in [1.807, 2.05) is 38.1 Å². The van der Waals surface area contributed by atoms with Crippen molar-refractivity contribution in [3.8, 4) is 0 Å². The summed E-state index contributed by atoms with van der Waals surface area (Å²) in [5, 5.41) is 7.38. The number of nitrogens with one attached hydrogen (secondary N) is 2. The van der Waals surface area contributed by atoms with Crippen molar-refractivity contribution in [2.75, 3.05) is 10.2 Å². The molecule has 7 heteroatoms. The molecule has 0 bridgehead atoms.